The first-order chi connectivity index (χ1) is 16.9. The molecule has 5 rings (SSSR count). The number of piperidine rings is 1. The standard InChI is InChI=1S/C27H29N3O4S/c1-19-10-11-24-22(16-19)29-27(31)21-17-26(35(32,33)30-14-6-3-7-15-30)23(18-25(21)34-24)28-13-12-20-8-4-2-5-9-20/h2,4-5,8-11,16-18,28H,3,6-7,12-15H2,1H3,(H,29,31). The zero-order valence-corrected chi connectivity index (χ0v) is 20.5. The van der Waals surface area contributed by atoms with Gasteiger partial charge in [-0.25, -0.2) is 8.42 Å². The summed E-state index contributed by atoms with van der Waals surface area (Å²) in [7, 11) is -3.80. The van der Waals surface area contributed by atoms with Gasteiger partial charge in [0.25, 0.3) is 5.91 Å². The van der Waals surface area contributed by atoms with E-state index in [1.165, 1.54) is 10.4 Å². The Morgan fingerprint density at radius 3 is 2.51 bits per heavy atom. The van der Waals surface area contributed by atoms with E-state index >= 15 is 0 Å². The Balaban J connectivity index is 1.54. The third-order valence-electron chi connectivity index (χ3n) is 6.43. The molecule has 7 nitrogen and oxygen atoms in total. The molecule has 1 amide bonds. The van der Waals surface area contributed by atoms with Gasteiger partial charge in [-0.05, 0) is 55.5 Å². The van der Waals surface area contributed by atoms with Gasteiger partial charge in [0.15, 0.2) is 5.75 Å². The van der Waals surface area contributed by atoms with Crippen molar-refractivity contribution in [1.82, 2.24) is 4.31 Å². The van der Waals surface area contributed by atoms with Crippen LogP contribution in [0.25, 0.3) is 0 Å². The van der Waals surface area contributed by atoms with Crippen molar-refractivity contribution in [1.29, 1.82) is 0 Å². The summed E-state index contributed by atoms with van der Waals surface area (Å²) in [6.45, 7) is 3.43. The summed E-state index contributed by atoms with van der Waals surface area (Å²) in [6.07, 6.45) is 3.41. The SMILES string of the molecule is Cc1ccc2c(c1)NC(=O)c1cc(S(=O)(=O)N3CCCCC3)c(NCCc3ccccc3)cc1O2. The molecular formula is C27H29N3O4S. The Morgan fingerprint density at radius 2 is 1.74 bits per heavy atom. The molecule has 0 saturated carbocycles. The molecule has 0 aromatic heterocycles. The van der Waals surface area contributed by atoms with Crippen LogP contribution in [0.4, 0.5) is 11.4 Å². The van der Waals surface area contributed by atoms with Crippen LogP contribution in [0.15, 0.2) is 65.6 Å². The predicted octanol–water partition coefficient (Wildman–Crippen LogP) is 5.18. The van der Waals surface area contributed by atoms with E-state index in [2.05, 4.69) is 10.6 Å². The number of ether oxygens (including phenoxy) is 1. The second kappa shape index (κ2) is 9.71. The molecule has 8 heteroatoms. The van der Waals surface area contributed by atoms with E-state index in [1.54, 1.807) is 12.1 Å². The van der Waals surface area contributed by atoms with E-state index in [9.17, 15) is 13.2 Å². The molecule has 1 saturated heterocycles. The summed E-state index contributed by atoms with van der Waals surface area (Å²) in [5, 5.41) is 6.18. The highest BCUT2D eigenvalue weighted by molar-refractivity contribution is 7.89. The maximum absolute atomic E-state index is 13.7. The Kier molecular flexibility index (Phi) is 6.49. The largest absolute Gasteiger partial charge is 0.454 e. The third-order valence-corrected chi connectivity index (χ3v) is 8.37. The summed E-state index contributed by atoms with van der Waals surface area (Å²) in [4.78, 5) is 13.2. The highest BCUT2D eigenvalue weighted by atomic mass is 32.2. The van der Waals surface area contributed by atoms with Crippen molar-refractivity contribution in [2.75, 3.05) is 30.3 Å². The molecule has 0 atom stereocenters. The lowest BCUT2D eigenvalue weighted by Gasteiger charge is -2.27. The molecule has 35 heavy (non-hydrogen) atoms. The smallest absolute Gasteiger partial charge is 0.259 e. The fourth-order valence-electron chi connectivity index (χ4n) is 4.54. The van der Waals surface area contributed by atoms with Crippen molar-refractivity contribution >= 4 is 27.3 Å². The number of hydrogen-bond acceptors (Lipinski definition) is 5. The molecule has 182 valence electrons. The summed E-state index contributed by atoms with van der Waals surface area (Å²) in [5.41, 5.74) is 3.33. The highest BCUT2D eigenvalue weighted by Crippen LogP contribution is 2.40. The average Bonchev–Trinajstić information content (AvgIpc) is 2.99. The van der Waals surface area contributed by atoms with Gasteiger partial charge >= 0.3 is 0 Å². The molecule has 3 aromatic rings. The van der Waals surface area contributed by atoms with Crippen molar-refractivity contribution in [2.45, 2.75) is 37.5 Å². The topological polar surface area (TPSA) is 87.7 Å². The lowest BCUT2D eigenvalue weighted by Crippen LogP contribution is -2.36. The van der Waals surface area contributed by atoms with Gasteiger partial charge in [0.2, 0.25) is 10.0 Å². The fourth-order valence-corrected chi connectivity index (χ4v) is 6.24. The van der Waals surface area contributed by atoms with E-state index in [1.807, 2.05) is 49.4 Å². The number of fused-ring (bicyclic) bond motifs is 2. The molecule has 2 aliphatic rings. The highest BCUT2D eigenvalue weighted by Gasteiger charge is 2.32. The minimum Gasteiger partial charge on any atom is -0.454 e. The maximum atomic E-state index is 13.7. The molecule has 0 aliphatic carbocycles. The van der Waals surface area contributed by atoms with E-state index in [4.69, 9.17) is 4.74 Å². The van der Waals surface area contributed by atoms with Crippen LogP contribution in [0.5, 0.6) is 11.5 Å². The Bertz CT molecular complexity index is 1350. The van der Waals surface area contributed by atoms with Crippen molar-refractivity contribution in [3.63, 3.8) is 0 Å². The van der Waals surface area contributed by atoms with E-state index < -0.39 is 15.9 Å². The zero-order valence-electron chi connectivity index (χ0n) is 19.7. The Labute approximate surface area is 206 Å². The van der Waals surface area contributed by atoms with E-state index in [-0.39, 0.29) is 10.5 Å². The number of amides is 1. The predicted molar refractivity (Wildman–Crippen MR) is 137 cm³/mol. The fraction of sp³-hybridized carbons (Fsp3) is 0.296. The van der Waals surface area contributed by atoms with Gasteiger partial charge in [-0.1, -0.05) is 42.8 Å². The lowest BCUT2D eigenvalue weighted by molar-refractivity contribution is 0.102. The molecule has 2 heterocycles. The van der Waals surface area contributed by atoms with Crippen LogP contribution in [0.1, 0.15) is 40.7 Å². The van der Waals surface area contributed by atoms with Gasteiger partial charge in [0.1, 0.15) is 10.6 Å². The van der Waals surface area contributed by atoms with Crippen molar-refractivity contribution < 1.29 is 17.9 Å². The second-order valence-electron chi connectivity index (χ2n) is 9.03. The molecule has 0 radical (unpaired) electrons. The third kappa shape index (κ3) is 4.90. The molecule has 2 aliphatic heterocycles. The van der Waals surface area contributed by atoms with Crippen LogP contribution >= 0.6 is 0 Å². The number of nitrogens with zero attached hydrogens (tertiary/aromatic N) is 1. The van der Waals surface area contributed by atoms with Crippen LogP contribution < -0.4 is 15.4 Å². The first-order valence-electron chi connectivity index (χ1n) is 12.0. The number of nitrogens with one attached hydrogen (secondary N) is 2. The van der Waals surface area contributed by atoms with Gasteiger partial charge in [0.05, 0.1) is 16.9 Å². The molecule has 2 N–H and O–H groups in total. The van der Waals surface area contributed by atoms with Crippen LogP contribution in [0.3, 0.4) is 0 Å². The molecule has 3 aromatic carbocycles. The molecular weight excluding hydrogens is 462 g/mol. The van der Waals surface area contributed by atoms with E-state index in [0.29, 0.717) is 42.5 Å². The van der Waals surface area contributed by atoms with Gasteiger partial charge in [0, 0.05) is 25.7 Å². The second-order valence-corrected chi connectivity index (χ2v) is 10.9. The number of anilines is 2. The number of carbonyl (C=O) groups excluding carboxylic acids is 1. The van der Waals surface area contributed by atoms with Crippen molar-refractivity contribution in [2.24, 2.45) is 0 Å². The number of rotatable bonds is 6. The molecule has 0 bridgehead atoms. The molecule has 0 spiro atoms. The summed E-state index contributed by atoms with van der Waals surface area (Å²) < 4.78 is 35.0. The van der Waals surface area contributed by atoms with Gasteiger partial charge in [-0.3, -0.25) is 4.79 Å². The number of aryl methyl sites for hydroxylation is 1. The summed E-state index contributed by atoms with van der Waals surface area (Å²) >= 11 is 0. The first-order valence-corrected chi connectivity index (χ1v) is 13.4. The average molecular weight is 492 g/mol. The van der Waals surface area contributed by atoms with Crippen molar-refractivity contribution in [3.05, 3.63) is 77.4 Å². The molecule has 1 fully saturated rings. The van der Waals surface area contributed by atoms with Crippen molar-refractivity contribution in [3.8, 4) is 11.5 Å². The number of carbonyl (C=O) groups is 1. The van der Waals surface area contributed by atoms with Crippen LogP contribution in [0, 0.1) is 6.92 Å². The zero-order chi connectivity index (χ0) is 24.4. The van der Waals surface area contributed by atoms with Gasteiger partial charge in [-0.2, -0.15) is 4.31 Å². The van der Waals surface area contributed by atoms with Gasteiger partial charge in [-0.15, -0.1) is 0 Å². The minimum atomic E-state index is -3.80. The number of hydrogen-bond donors (Lipinski definition) is 2. The van der Waals surface area contributed by atoms with Crippen LogP contribution in [-0.2, 0) is 16.4 Å². The number of benzene rings is 3. The maximum Gasteiger partial charge on any atom is 0.259 e. The Hall–Kier alpha value is -3.36. The van der Waals surface area contributed by atoms with E-state index in [0.717, 1.165) is 36.8 Å². The summed E-state index contributed by atoms with van der Waals surface area (Å²) in [5.74, 6) is 0.449. The number of sulfonamides is 1. The monoisotopic (exact) mass is 491 g/mol. The first kappa shape index (κ1) is 23.4. The van der Waals surface area contributed by atoms with Crippen LogP contribution in [0.2, 0.25) is 0 Å². The Morgan fingerprint density at radius 1 is 0.971 bits per heavy atom. The quantitative estimate of drug-likeness (QED) is 0.496. The minimum absolute atomic E-state index is 0.104. The molecule has 0 unspecified atom stereocenters. The van der Waals surface area contributed by atoms with Crippen LogP contribution in [-0.4, -0.2) is 38.3 Å². The lowest BCUT2D eigenvalue weighted by atomic mass is 10.1. The summed E-state index contributed by atoms with van der Waals surface area (Å²) in [6, 6.07) is 18.7. The normalized spacial score (nSPS) is 15.9. The van der Waals surface area contributed by atoms with Gasteiger partial charge < -0.3 is 15.4 Å².